The maximum Gasteiger partial charge on any atom is 0.257 e. The van der Waals surface area contributed by atoms with Crippen LogP contribution in [0.2, 0.25) is 0 Å². The number of phenolic OH excluding ortho intramolecular Hbond substituents is 1. The lowest BCUT2D eigenvalue weighted by atomic mass is 10.1. The van der Waals surface area contributed by atoms with Gasteiger partial charge in [-0.3, -0.25) is 4.79 Å². The predicted octanol–water partition coefficient (Wildman–Crippen LogP) is 3.64. The van der Waals surface area contributed by atoms with Crippen LogP contribution >= 0.6 is 0 Å². The average Bonchev–Trinajstić information content (AvgIpc) is 2.50. The smallest absolute Gasteiger partial charge is 0.257 e. The zero-order valence-electron chi connectivity index (χ0n) is 12.0. The molecule has 0 saturated carbocycles. The summed E-state index contributed by atoms with van der Waals surface area (Å²) in [6.07, 6.45) is 0. The Morgan fingerprint density at radius 1 is 1.14 bits per heavy atom. The number of halogens is 3. The number of hydrogen-bond acceptors (Lipinski definition) is 2. The molecule has 1 atom stereocenters. The van der Waals surface area contributed by atoms with Gasteiger partial charge in [-0.1, -0.05) is 12.1 Å². The van der Waals surface area contributed by atoms with Gasteiger partial charge in [-0.2, -0.15) is 0 Å². The van der Waals surface area contributed by atoms with Crippen molar-refractivity contribution in [2.45, 2.75) is 13.0 Å². The SMILES string of the molecule is CC(c1cccc(O)c1)N(C)C(=O)c1ccc(F)c(F)c1F. The first-order valence-corrected chi connectivity index (χ1v) is 6.52. The molecule has 0 aliphatic rings. The first-order chi connectivity index (χ1) is 10.3. The van der Waals surface area contributed by atoms with Crippen molar-refractivity contribution in [2.24, 2.45) is 0 Å². The largest absolute Gasteiger partial charge is 0.508 e. The molecule has 0 fully saturated rings. The molecule has 2 rings (SSSR count). The van der Waals surface area contributed by atoms with Crippen LogP contribution in [0.15, 0.2) is 36.4 Å². The van der Waals surface area contributed by atoms with E-state index in [1.807, 2.05) is 0 Å². The third-order valence-corrected chi connectivity index (χ3v) is 3.52. The topological polar surface area (TPSA) is 40.5 Å². The van der Waals surface area contributed by atoms with Crippen molar-refractivity contribution in [1.82, 2.24) is 4.90 Å². The van der Waals surface area contributed by atoms with Crippen LogP contribution in [0.1, 0.15) is 28.9 Å². The minimum Gasteiger partial charge on any atom is -0.508 e. The summed E-state index contributed by atoms with van der Waals surface area (Å²) >= 11 is 0. The molecule has 0 saturated heterocycles. The average molecular weight is 309 g/mol. The molecule has 2 aromatic rings. The van der Waals surface area contributed by atoms with Gasteiger partial charge in [-0.05, 0) is 36.8 Å². The van der Waals surface area contributed by atoms with Crippen LogP contribution in [0.25, 0.3) is 0 Å². The van der Waals surface area contributed by atoms with Crippen LogP contribution in [0.5, 0.6) is 5.75 Å². The summed E-state index contributed by atoms with van der Waals surface area (Å²) in [4.78, 5) is 13.4. The van der Waals surface area contributed by atoms with Crippen molar-refractivity contribution in [1.29, 1.82) is 0 Å². The van der Waals surface area contributed by atoms with Crippen LogP contribution < -0.4 is 0 Å². The summed E-state index contributed by atoms with van der Waals surface area (Å²) in [6.45, 7) is 1.67. The van der Waals surface area contributed by atoms with Crippen molar-refractivity contribution in [3.63, 3.8) is 0 Å². The van der Waals surface area contributed by atoms with E-state index in [1.54, 1.807) is 19.1 Å². The lowest BCUT2D eigenvalue weighted by Gasteiger charge is -2.25. The van der Waals surface area contributed by atoms with E-state index in [0.717, 1.165) is 6.07 Å². The number of amides is 1. The number of carbonyl (C=O) groups is 1. The van der Waals surface area contributed by atoms with Crippen LogP contribution in [-0.2, 0) is 0 Å². The van der Waals surface area contributed by atoms with Crippen LogP contribution in [0, 0.1) is 17.5 Å². The summed E-state index contributed by atoms with van der Waals surface area (Å²) in [5.41, 5.74) is 0.0762. The number of nitrogens with zero attached hydrogens (tertiary/aromatic N) is 1. The molecule has 2 aromatic carbocycles. The lowest BCUT2D eigenvalue weighted by molar-refractivity contribution is 0.0736. The molecule has 0 radical (unpaired) electrons. The van der Waals surface area contributed by atoms with E-state index in [1.165, 1.54) is 24.1 Å². The molecule has 0 aliphatic carbocycles. The Morgan fingerprint density at radius 3 is 2.45 bits per heavy atom. The molecule has 0 spiro atoms. The summed E-state index contributed by atoms with van der Waals surface area (Å²) in [7, 11) is 1.41. The fourth-order valence-corrected chi connectivity index (χ4v) is 2.07. The zero-order valence-corrected chi connectivity index (χ0v) is 12.0. The maximum atomic E-state index is 13.7. The molecule has 22 heavy (non-hydrogen) atoms. The molecular formula is C16H14F3NO2. The molecule has 1 unspecified atom stereocenters. The molecule has 0 aliphatic heterocycles. The Bertz CT molecular complexity index is 719. The van der Waals surface area contributed by atoms with E-state index in [9.17, 15) is 23.1 Å². The minimum absolute atomic E-state index is 0.0317. The molecule has 0 aromatic heterocycles. The van der Waals surface area contributed by atoms with E-state index >= 15 is 0 Å². The van der Waals surface area contributed by atoms with E-state index in [4.69, 9.17) is 0 Å². The predicted molar refractivity (Wildman–Crippen MR) is 74.9 cm³/mol. The molecule has 0 heterocycles. The molecule has 3 nitrogen and oxygen atoms in total. The number of hydrogen-bond donors (Lipinski definition) is 1. The maximum absolute atomic E-state index is 13.7. The first-order valence-electron chi connectivity index (χ1n) is 6.52. The Balaban J connectivity index is 2.31. The molecular weight excluding hydrogens is 295 g/mol. The van der Waals surface area contributed by atoms with E-state index in [2.05, 4.69) is 0 Å². The van der Waals surface area contributed by atoms with Gasteiger partial charge in [0.1, 0.15) is 5.75 Å². The number of benzene rings is 2. The fourth-order valence-electron chi connectivity index (χ4n) is 2.07. The van der Waals surface area contributed by atoms with Gasteiger partial charge in [0.2, 0.25) is 0 Å². The quantitative estimate of drug-likeness (QED) is 0.879. The second-order valence-electron chi connectivity index (χ2n) is 4.91. The summed E-state index contributed by atoms with van der Waals surface area (Å²) in [5, 5.41) is 9.46. The summed E-state index contributed by atoms with van der Waals surface area (Å²) in [5.74, 6) is -5.29. The van der Waals surface area contributed by atoms with Gasteiger partial charge in [0.05, 0.1) is 11.6 Å². The third kappa shape index (κ3) is 2.90. The van der Waals surface area contributed by atoms with E-state index in [-0.39, 0.29) is 5.75 Å². The lowest BCUT2D eigenvalue weighted by Crippen LogP contribution is -2.30. The third-order valence-electron chi connectivity index (χ3n) is 3.52. The number of rotatable bonds is 3. The van der Waals surface area contributed by atoms with Gasteiger partial charge in [0.15, 0.2) is 17.5 Å². The molecule has 116 valence electrons. The number of phenols is 1. The van der Waals surface area contributed by atoms with Gasteiger partial charge in [-0.15, -0.1) is 0 Å². The Kier molecular flexibility index (Phi) is 4.40. The summed E-state index contributed by atoms with van der Waals surface area (Å²) in [6, 6.07) is 7.36. The highest BCUT2D eigenvalue weighted by atomic mass is 19.2. The van der Waals surface area contributed by atoms with Crippen LogP contribution in [0.3, 0.4) is 0 Å². The fraction of sp³-hybridized carbons (Fsp3) is 0.188. The van der Waals surface area contributed by atoms with Gasteiger partial charge >= 0.3 is 0 Å². The van der Waals surface area contributed by atoms with E-state index < -0.39 is 35.0 Å². The van der Waals surface area contributed by atoms with Crippen LogP contribution in [-0.4, -0.2) is 23.0 Å². The number of carbonyl (C=O) groups excluding carboxylic acids is 1. The Morgan fingerprint density at radius 2 is 1.82 bits per heavy atom. The summed E-state index contributed by atoms with van der Waals surface area (Å²) < 4.78 is 39.9. The highest BCUT2D eigenvalue weighted by molar-refractivity contribution is 5.94. The zero-order chi connectivity index (χ0) is 16.4. The van der Waals surface area contributed by atoms with Gasteiger partial charge in [0.25, 0.3) is 5.91 Å². The van der Waals surface area contributed by atoms with Crippen molar-refractivity contribution < 1.29 is 23.1 Å². The van der Waals surface area contributed by atoms with Crippen molar-refractivity contribution in [2.75, 3.05) is 7.05 Å². The van der Waals surface area contributed by atoms with E-state index in [0.29, 0.717) is 11.6 Å². The highest BCUT2D eigenvalue weighted by Gasteiger charge is 2.24. The highest BCUT2D eigenvalue weighted by Crippen LogP contribution is 2.25. The van der Waals surface area contributed by atoms with Crippen LogP contribution in [0.4, 0.5) is 13.2 Å². The van der Waals surface area contributed by atoms with Gasteiger partial charge in [-0.25, -0.2) is 13.2 Å². The second-order valence-corrected chi connectivity index (χ2v) is 4.91. The molecule has 6 heteroatoms. The Labute approximate surface area is 125 Å². The first kappa shape index (κ1) is 15.9. The molecule has 0 bridgehead atoms. The van der Waals surface area contributed by atoms with Crippen molar-refractivity contribution in [3.8, 4) is 5.75 Å². The second kappa shape index (κ2) is 6.09. The minimum atomic E-state index is -1.68. The monoisotopic (exact) mass is 309 g/mol. The van der Waals surface area contributed by atoms with Gasteiger partial charge in [0, 0.05) is 7.05 Å². The van der Waals surface area contributed by atoms with Crippen molar-refractivity contribution >= 4 is 5.91 Å². The van der Waals surface area contributed by atoms with Crippen molar-refractivity contribution in [3.05, 3.63) is 65.0 Å². The van der Waals surface area contributed by atoms with Gasteiger partial charge < -0.3 is 10.0 Å². The normalized spacial score (nSPS) is 12.0. The number of aromatic hydroxyl groups is 1. The standard InChI is InChI=1S/C16H14F3NO2/c1-9(10-4-3-5-11(21)8-10)20(2)16(22)12-6-7-13(17)15(19)14(12)18/h3-9,21H,1-2H3. The Hall–Kier alpha value is -2.50. The molecule has 1 amide bonds. The molecule has 1 N–H and O–H groups in total.